The van der Waals surface area contributed by atoms with E-state index in [0.717, 1.165) is 47.4 Å². The smallest absolute Gasteiger partial charge is 0.233 e. The molecule has 6 nitrogen and oxygen atoms in total. The third-order valence-electron chi connectivity index (χ3n) is 6.18. The maximum absolute atomic E-state index is 6.16. The Bertz CT molecular complexity index is 775. The molecule has 0 amide bonds. The first-order valence-corrected chi connectivity index (χ1v) is 10.4. The van der Waals surface area contributed by atoms with E-state index >= 15 is 0 Å². The number of rotatable bonds is 5. The van der Waals surface area contributed by atoms with E-state index in [2.05, 4.69) is 41.0 Å². The van der Waals surface area contributed by atoms with E-state index in [1.807, 2.05) is 26.0 Å². The summed E-state index contributed by atoms with van der Waals surface area (Å²) in [6, 6.07) is 3.86. The molecule has 2 aromatic rings. The van der Waals surface area contributed by atoms with Crippen molar-refractivity contribution in [2.24, 2.45) is 17.3 Å². The molecule has 28 heavy (non-hydrogen) atoms. The topological polar surface area (TPSA) is 64.3 Å². The first kappa shape index (κ1) is 19.4. The fourth-order valence-corrected chi connectivity index (χ4v) is 4.65. The number of likely N-dealkylation sites (tertiary alicyclic amines) is 1. The van der Waals surface area contributed by atoms with Crippen LogP contribution in [0.15, 0.2) is 16.7 Å². The minimum Gasteiger partial charge on any atom is -0.473 e. The van der Waals surface area contributed by atoms with Gasteiger partial charge in [-0.25, -0.2) is 0 Å². The van der Waals surface area contributed by atoms with Gasteiger partial charge in [-0.1, -0.05) is 25.9 Å². The van der Waals surface area contributed by atoms with Crippen LogP contribution in [0.4, 0.5) is 0 Å². The molecular formula is C22H32N4O2. The Hall–Kier alpha value is -1.95. The Balaban J connectivity index is 1.30. The van der Waals surface area contributed by atoms with Crippen molar-refractivity contribution in [3.05, 3.63) is 23.6 Å². The zero-order chi connectivity index (χ0) is 19.9. The number of aromatic nitrogens is 3. The van der Waals surface area contributed by atoms with Crippen molar-refractivity contribution in [1.29, 1.82) is 0 Å². The van der Waals surface area contributed by atoms with E-state index in [-0.39, 0.29) is 6.10 Å². The van der Waals surface area contributed by atoms with Crippen LogP contribution in [0.3, 0.4) is 0 Å². The van der Waals surface area contributed by atoms with E-state index in [4.69, 9.17) is 9.26 Å². The Kier molecular flexibility index (Phi) is 5.17. The molecule has 1 saturated carbocycles. The second-order valence-corrected chi connectivity index (χ2v) is 9.76. The summed E-state index contributed by atoms with van der Waals surface area (Å²) in [4.78, 5) is 2.65. The summed E-state index contributed by atoms with van der Waals surface area (Å²) < 4.78 is 11.4. The molecule has 0 spiro atoms. The van der Waals surface area contributed by atoms with E-state index in [9.17, 15) is 0 Å². The third-order valence-corrected chi connectivity index (χ3v) is 6.18. The van der Waals surface area contributed by atoms with Crippen molar-refractivity contribution >= 4 is 0 Å². The van der Waals surface area contributed by atoms with E-state index in [1.54, 1.807) is 0 Å². The molecule has 1 saturated heterocycles. The van der Waals surface area contributed by atoms with Crippen molar-refractivity contribution in [3.8, 4) is 17.1 Å². The van der Waals surface area contributed by atoms with Gasteiger partial charge in [0.15, 0.2) is 0 Å². The van der Waals surface area contributed by atoms with Crippen molar-refractivity contribution < 1.29 is 9.26 Å². The minimum atomic E-state index is 0.263. The number of ether oxygens (including phenoxy) is 1. The molecule has 1 aliphatic heterocycles. The molecule has 4 rings (SSSR count). The highest BCUT2D eigenvalue weighted by Crippen LogP contribution is 2.40. The van der Waals surface area contributed by atoms with Crippen LogP contribution in [0, 0.1) is 31.1 Å². The van der Waals surface area contributed by atoms with Gasteiger partial charge in [0.25, 0.3) is 0 Å². The third kappa shape index (κ3) is 4.22. The predicted octanol–water partition coefficient (Wildman–Crippen LogP) is 4.27. The van der Waals surface area contributed by atoms with Crippen LogP contribution in [0.1, 0.15) is 51.5 Å². The van der Waals surface area contributed by atoms with Crippen LogP contribution in [0.25, 0.3) is 11.3 Å². The van der Waals surface area contributed by atoms with Crippen molar-refractivity contribution in [2.75, 3.05) is 19.6 Å². The molecule has 152 valence electrons. The van der Waals surface area contributed by atoms with Crippen LogP contribution in [0.2, 0.25) is 0 Å². The summed E-state index contributed by atoms with van der Waals surface area (Å²) >= 11 is 0. The lowest BCUT2D eigenvalue weighted by molar-refractivity contribution is 0.173. The highest BCUT2D eigenvalue weighted by atomic mass is 16.5. The van der Waals surface area contributed by atoms with Crippen LogP contribution in [-0.2, 0) is 0 Å². The van der Waals surface area contributed by atoms with Gasteiger partial charge < -0.3 is 14.2 Å². The summed E-state index contributed by atoms with van der Waals surface area (Å²) in [6.45, 7) is 14.4. The van der Waals surface area contributed by atoms with Crippen molar-refractivity contribution in [3.63, 3.8) is 0 Å². The lowest BCUT2D eigenvalue weighted by atomic mass is 9.92. The number of aryl methyl sites for hydroxylation is 2. The molecular weight excluding hydrogens is 352 g/mol. The Morgan fingerprint density at radius 1 is 1.11 bits per heavy atom. The first-order chi connectivity index (χ1) is 13.3. The zero-order valence-corrected chi connectivity index (χ0v) is 17.7. The molecule has 0 bridgehead atoms. The van der Waals surface area contributed by atoms with Crippen LogP contribution < -0.4 is 4.74 Å². The zero-order valence-electron chi connectivity index (χ0n) is 17.7. The van der Waals surface area contributed by atoms with Crippen molar-refractivity contribution in [2.45, 2.75) is 60.0 Å². The molecule has 3 atom stereocenters. The summed E-state index contributed by atoms with van der Waals surface area (Å²) in [5.41, 5.74) is 2.95. The highest BCUT2D eigenvalue weighted by molar-refractivity contribution is 5.63. The standard InChI is InChI=1S/C22H32N4O2/c1-14-21(15(2)28-25-14)19-6-7-20(24-23-19)27-18-10-16-12-26(13-17(16)11-18)9-8-22(3,4)5/h6-7,16-18H,8-13H2,1-5H3/t16-,17+,18+. The summed E-state index contributed by atoms with van der Waals surface area (Å²) in [7, 11) is 0. The lowest BCUT2D eigenvalue weighted by Gasteiger charge is -2.24. The van der Waals surface area contributed by atoms with Gasteiger partial charge in [0.05, 0.1) is 17.0 Å². The monoisotopic (exact) mass is 384 g/mol. The lowest BCUT2D eigenvalue weighted by Crippen LogP contribution is -2.28. The number of hydrogen-bond donors (Lipinski definition) is 0. The minimum absolute atomic E-state index is 0.263. The molecule has 0 N–H and O–H groups in total. The number of hydrogen-bond acceptors (Lipinski definition) is 6. The SMILES string of the molecule is Cc1noc(C)c1-c1ccc(O[C@H]2C[C@@H]3CN(CCC(C)(C)C)C[C@@H]3C2)nn1. The normalized spacial score (nSPS) is 25.2. The van der Waals surface area contributed by atoms with Gasteiger partial charge in [0.1, 0.15) is 11.9 Å². The molecule has 2 fully saturated rings. The van der Waals surface area contributed by atoms with Crippen molar-refractivity contribution in [1.82, 2.24) is 20.3 Å². The van der Waals surface area contributed by atoms with Gasteiger partial charge in [-0.2, -0.15) is 0 Å². The molecule has 3 heterocycles. The predicted molar refractivity (Wildman–Crippen MR) is 108 cm³/mol. The molecule has 0 aromatic carbocycles. The maximum atomic E-state index is 6.16. The Morgan fingerprint density at radius 3 is 2.36 bits per heavy atom. The van der Waals surface area contributed by atoms with Gasteiger partial charge in [-0.3, -0.25) is 0 Å². The van der Waals surface area contributed by atoms with Gasteiger partial charge in [0, 0.05) is 19.2 Å². The first-order valence-electron chi connectivity index (χ1n) is 10.4. The average molecular weight is 385 g/mol. The fraction of sp³-hybridized carbons (Fsp3) is 0.682. The Labute approximate surface area is 167 Å². The van der Waals surface area contributed by atoms with Gasteiger partial charge >= 0.3 is 0 Å². The second-order valence-electron chi connectivity index (χ2n) is 9.76. The van der Waals surface area contributed by atoms with Gasteiger partial charge in [0.2, 0.25) is 5.88 Å². The molecule has 2 aliphatic rings. The molecule has 6 heteroatoms. The Morgan fingerprint density at radius 2 is 1.82 bits per heavy atom. The second kappa shape index (κ2) is 7.47. The van der Waals surface area contributed by atoms with E-state index in [0.29, 0.717) is 11.3 Å². The summed E-state index contributed by atoms with van der Waals surface area (Å²) in [5, 5.41) is 12.6. The number of nitrogens with zero attached hydrogens (tertiary/aromatic N) is 4. The van der Waals surface area contributed by atoms with Crippen LogP contribution in [0.5, 0.6) is 5.88 Å². The fourth-order valence-electron chi connectivity index (χ4n) is 4.65. The summed E-state index contributed by atoms with van der Waals surface area (Å²) in [5.74, 6) is 2.91. The maximum Gasteiger partial charge on any atom is 0.233 e. The molecule has 0 unspecified atom stereocenters. The average Bonchev–Trinajstić information content (AvgIpc) is 3.27. The molecule has 2 aromatic heterocycles. The van der Waals surface area contributed by atoms with Crippen LogP contribution in [-0.4, -0.2) is 46.0 Å². The van der Waals surface area contributed by atoms with E-state index < -0.39 is 0 Å². The van der Waals surface area contributed by atoms with Crippen LogP contribution >= 0.6 is 0 Å². The van der Waals surface area contributed by atoms with Gasteiger partial charge in [-0.05, 0) is 63.0 Å². The highest BCUT2D eigenvalue weighted by Gasteiger charge is 2.41. The number of fused-ring (bicyclic) bond motifs is 1. The molecule has 1 aliphatic carbocycles. The van der Waals surface area contributed by atoms with E-state index in [1.165, 1.54) is 26.1 Å². The largest absolute Gasteiger partial charge is 0.473 e. The summed E-state index contributed by atoms with van der Waals surface area (Å²) in [6.07, 6.45) is 3.78. The van der Waals surface area contributed by atoms with Gasteiger partial charge in [-0.15, -0.1) is 10.2 Å². The quantitative estimate of drug-likeness (QED) is 0.767. The molecule has 0 radical (unpaired) electrons.